The van der Waals surface area contributed by atoms with Gasteiger partial charge in [-0.25, -0.2) is 9.97 Å². The molecule has 2 aromatic carbocycles. The van der Waals surface area contributed by atoms with Crippen molar-refractivity contribution in [2.24, 2.45) is 0 Å². The second-order valence-corrected chi connectivity index (χ2v) is 7.01. The number of carbonyl (C=O) groups is 2. The molecule has 29 heavy (non-hydrogen) atoms. The van der Waals surface area contributed by atoms with Gasteiger partial charge in [0.15, 0.2) is 0 Å². The van der Waals surface area contributed by atoms with E-state index < -0.39 is 0 Å². The van der Waals surface area contributed by atoms with E-state index in [9.17, 15) is 9.59 Å². The van der Waals surface area contributed by atoms with Gasteiger partial charge in [0.1, 0.15) is 5.69 Å². The molecule has 1 atom stereocenters. The number of anilines is 4. The third-order valence-electron chi connectivity index (χ3n) is 4.76. The topological polar surface area (TPSA) is 87.2 Å². The first-order valence-corrected chi connectivity index (χ1v) is 9.40. The van der Waals surface area contributed by atoms with Crippen LogP contribution in [0, 0.1) is 0 Å². The predicted octanol–water partition coefficient (Wildman–Crippen LogP) is 3.77. The van der Waals surface area contributed by atoms with Gasteiger partial charge in [-0.15, -0.1) is 0 Å². The average Bonchev–Trinajstić information content (AvgIpc) is 3.04. The Hall–Kier alpha value is -3.74. The van der Waals surface area contributed by atoms with Crippen LogP contribution in [-0.4, -0.2) is 27.8 Å². The van der Waals surface area contributed by atoms with Gasteiger partial charge < -0.3 is 15.5 Å². The molecule has 2 amide bonds. The van der Waals surface area contributed by atoms with Gasteiger partial charge in [-0.2, -0.15) is 0 Å². The molecule has 0 saturated heterocycles. The molecule has 7 heteroatoms. The summed E-state index contributed by atoms with van der Waals surface area (Å²) in [4.78, 5) is 34.7. The fourth-order valence-corrected chi connectivity index (χ4v) is 3.51. The number of hydrogen-bond donors (Lipinski definition) is 2. The Balaban J connectivity index is 1.53. The van der Waals surface area contributed by atoms with E-state index in [1.54, 1.807) is 29.3 Å². The summed E-state index contributed by atoms with van der Waals surface area (Å²) in [7, 11) is 0. The third kappa shape index (κ3) is 3.94. The van der Waals surface area contributed by atoms with Crippen molar-refractivity contribution < 1.29 is 9.59 Å². The zero-order chi connectivity index (χ0) is 20.4. The first-order chi connectivity index (χ1) is 14.0. The second kappa shape index (κ2) is 7.71. The minimum Gasteiger partial charge on any atom is -0.326 e. The van der Waals surface area contributed by atoms with Crippen LogP contribution in [0.2, 0.25) is 0 Å². The maximum atomic E-state index is 13.1. The number of nitrogens with one attached hydrogen (secondary N) is 2. The van der Waals surface area contributed by atoms with Gasteiger partial charge in [0.05, 0.1) is 0 Å². The monoisotopic (exact) mass is 387 g/mol. The normalized spacial score (nSPS) is 15.0. The van der Waals surface area contributed by atoms with Crippen molar-refractivity contribution in [1.29, 1.82) is 0 Å². The third-order valence-corrected chi connectivity index (χ3v) is 4.76. The predicted molar refractivity (Wildman–Crippen MR) is 112 cm³/mol. The quantitative estimate of drug-likeness (QED) is 0.712. The lowest BCUT2D eigenvalue weighted by molar-refractivity contribution is -0.114. The Labute approximate surface area is 168 Å². The number of carbonyl (C=O) groups excluding carboxylic acids is 2. The number of para-hydroxylation sites is 1. The lowest BCUT2D eigenvalue weighted by Gasteiger charge is -2.22. The van der Waals surface area contributed by atoms with Crippen LogP contribution in [0.5, 0.6) is 0 Å². The number of fused-ring (bicyclic) bond motifs is 1. The van der Waals surface area contributed by atoms with Crippen LogP contribution in [0.15, 0.2) is 60.8 Å². The van der Waals surface area contributed by atoms with E-state index in [1.165, 1.54) is 12.5 Å². The van der Waals surface area contributed by atoms with Gasteiger partial charge in [-0.1, -0.05) is 18.2 Å². The molecule has 0 fully saturated rings. The summed E-state index contributed by atoms with van der Waals surface area (Å²) in [5.74, 6) is 0.0649. The second-order valence-electron chi connectivity index (χ2n) is 7.01. The van der Waals surface area contributed by atoms with E-state index in [-0.39, 0.29) is 17.9 Å². The summed E-state index contributed by atoms with van der Waals surface area (Å²) in [6.07, 6.45) is 2.40. The van der Waals surface area contributed by atoms with Gasteiger partial charge in [0.2, 0.25) is 11.9 Å². The molecule has 7 nitrogen and oxygen atoms in total. The molecule has 0 radical (unpaired) electrons. The highest BCUT2D eigenvalue weighted by Gasteiger charge is 2.31. The van der Waals surface area contributed by atoms with Crippen LogP contribution in [0.25, 0.3) is 0 Å². The molecular weight excluding hydrogens is 366 g/mol. The highest BCUT2D eigenvalue weighted by atomic mass is 16.2. The van der Waals surface area contributed by atoms with E-state index >= 15 is 0 Å². The number of benzene rings is 2. The number of aromatic nitrogens is 2. The minimum atomic E-state index is -0.145. The maximum absolute atomic E-state index is 13.1. The Morgan fingerprint density at radius 2 is 1.76 bits per heavy atom. The number of hydrogen-bond acceptors (Lipinski definition) is 5. The van der Waals surface area contributed by atoms with Crippen molar-refractivity contribution in [3.63, 3.8) is 0 Å². The lowest BCUT2D eigenvalue weighted by Crippen LogP contribution is -2.36. The van der Waals surface area contributed by atoms with E-state index in [2.05, 4.69) is 26.7 Å². The van der Waals surface area contributed by atoms with Crippen LogP contribution >= 0.6 is 0 Å². The first kappa shape index (κ1) is 18.6. The van der Waals surface area contributed by atoms with Gasteiger partial charge in [0.25, 0.3) is 5.91 Å². The van der Waals surface area contributed by atoms with Crippen molar-refractivity contribution in [3.8, 4) is 0 Å². The SMILES string of the molecule is CC(=O)Nc1ccc(Nc2nccc(C(=O)N3c4ccccc4CC3C)n2)cc1. The lowest BCUT2D eigenvalue weighted by atomic mass is 10.1. The summed E-state index contributed by atoms with van der Waals surface area (Å²) < 4.78 is 0. The Bertz CT molecular complexity index is 1060. The van der Waals surface area contributed by atoms with Crippen molar-refractivity contribution >= 4 is 34.8 Å². The number of rotatable bonds is 4. The molecule has 1 aliphatic rings. The zero-order valence-corrected chi connectivity index (χ0v) is 16.2. The average molecular weight is 387 g/mol. The molecule has 0 saturated carbocycles. The van der Waals surface area contributed by atoms with Crippen LogP contribution in [0.1, 0.15) is 29.9 Å². The Morgan fingerprint density at radius 3 is 2.52 bits per heavy atom. The van der Waals surface area contributed by atoms with E-state index in [0.29, 0.717) is 17.3 Å². The highest BCUT2D eigenvalue weighted by Crippen LogP contribution is 2.32. The number of amides is 2. The van der Waals surface area contributed by atoms with Crippen molar-refractivity contribution in [2.45, 2.75) is 26.3 Å². The van der Waals surface area contributed by atoms with E-state index in [4.69, 9.17) is 0 Å². The van der Waals surface area contributed by atoms with Gasteiger partial charge in [-0.3, -0.25) is 9.59 Å². The fraction of sp³-hybridized carbons (Fsp3) is 0.182. The van der Waals surface area contributed by atoms with Crippen LogP contribution < -0.4 is 15.5 Å². The van der Waals surface area contributed by atoms with Gasteiger partial charge in [-0.05, 0) is 55.3 Å². The van der Waals surface area contributed by atoms with Crippen molar-refractivity contribution in [2.75, 3.05) is 15.5 Å². The molecule has 0 spiro atoms. The molecule has 1 aromatic heterocycles. The standard InChI is InChI=1S/C22H21N5O2/c1-14-13-16-5-3-4-6-20(16)27(14)21(29)19-11-12-23-22(26-19)25-18-9-7-17(8-10-18)24-15(2)28/h3-12,14H,13H2,1-2H3,(H,24,28)(H,23,25,26). The van der Waals surface area contributed by atoms with Gasteiger partial charge in [0, 0.05) is 36.2 Å². The smallest absolute Gasteiger partial charge is 0.277 e. The summed E-state index contributed by atoms with van der Waals surface area (Å²) in [5.41, 5.74) is 3.89. The summed E-state index contributed by atoms with van der Waals surface area (Å²) >= 11 is 0. The van der Waals surface area contributed by atoms with Gasteiger partial charge >= 0.3 is 0 Å². The van der Waals surface area contributed by atoms with E-state index in [0.717, 1.165) is 17.8 Å². The summed E-state index contributed by atoms with van der Waals surface area (Å²) in [6.45, 7) is 3.50. The molecule has 3 aromatic rings. The molecule has 1 unspecified atom stereocenters. The molecule has 2 N–H and O–H groups in total. The van der Waals surface area contributed by atoms with Crippen molar-refractivity contribution in [1.82, 2.24) is 9.97 Å². The minimum absolute atomic E-state index is 0.0765. The molecule has 1 aliphatic heterocycles. The fourth-order valence-electron chi connectivity index (χ4n) is 3.51. The summed E-state index contributed by atoms with van der Waals surface area (Å²) in [6, 6.07) is 16.8. The number of nitrogens with zero attached hydrogens (tertiary/aromatic N) is 3. The van der Waals surface area contributed by atoms with Crippen LogP contribution in [0.3, 0.4) is 0 Å². The highest BCUT2D eigenvalue weighted by molar-refractivity contribution is 6.06. The van der Waals surface area contributed by atoms with Crippen LogP contribution in [0.4, 0.5) is 23.0 Å². The Morgan fingerprint density at radius 1 is 1.03 bits per heavy atom. The zero-order valence-electron chi connectivity index (χ0n) is 16.2. The summed E-state index contributed by atoms with van der Waals surface area (Å²) in [5, 5.41) is 5.81. The molecule has 146 valence electrons. The molecule has 0 bridgehead atoms. The molecule has 0 aliphatic carbocycles. The Kier molecular flexibility index (Phi) is 4.95. The van der Waals surface area contributed by atoms with E-state index in [1.807, 2.05) is 37.3 Å². The van der Waals surface area contributed by atoms with Crippen LogP contribution in [-0.2, 0) is 11.2 Å². The molecule has 4 rings (SSSR count). The molecule has 2 heterocycles. The molecular formula is C22H21N5O2. The van der Waals surface area contributed by atoms with Crippen molar-refractivity contribution in [3.05, 3.63) is 72.1 Å². The maximum Gasteiger partial charge on any atom is 0.277 e. The first-order valence-electron chi connectivity index (χ1n) is 9.40. The largest absolute Gasteiger partial charge is 0.326 e.